The van der Waals surface area contributed by atoms with Crippen molar-refractivity contribution in [3.05, 3.63) is 190 Å². The summed E-state index contributed by atoms with van der Waals surface area (Å²) in [5.74, 6) is 7.25. The van der Waals surface area contributed by atoms with E-state index in [-0.39, 0.29) is 46.4 Å². The number of amides is 2. The molecule has 0 saturated heterocycles. The highest BCUT2D eigenvalue weighted by atomic mass is 32.2. The molecule has 3 N–H and O–H groups in total. The number of fused-ring (bicyclic) bond motifs is 4. The van der Waals surface area contributed by atoms with Gasteiger partial charge in [0.25, 0.3) is 20.2 Å². The summed E-state index contributed by atoms with van der Waals surface area (Å²) in [4.78, 5) is 30.4. The quantitative estimate of drug-likeness (QED) is 0.0295. The first-order valence-electron chi connectivity index (χ1n) is 27.7. The Kier molecular flexibility index (Phi) is 17.3. The molecule has 3 aliphatic heterocycles. The zero-order valence-electron chi connectivity index (χ0n) is 46.3. The number of benzene rings is 5. The largest absolute Gasteiger partial charge is 0.457 e. The number of para-hydroxylation sites is 2. The molecule has 0 spiro atoms. The molecule has 416 valence electrons. The molecule has 0 aromatic heterocycles. The van der Waals surface area contributed by atoms with Crippen LogP contribution in [-0.2, 0) is 47.2 Å². The Balaban J connectivity index is 0.945. The van der Waals surface area contributed by atoms with E-state index in [1.165, 1.54) is 47.3 Å². The first-order valence-corrected chi connectivity index (χ1v) is 30.6. The van der Waals surface area contributed by atoms with Gasteiger partial charge in [0.2, 0.25) is 17.5 Å². The molecule has 0 fully saturated rings. The van der Waals surface area contributed by atoms with E-state index < -0.39 is 25.7 Å². The Morgan fingerprint density at radius 2 is 1.41 bits per heavy atom. The molecule has 4 aliphatic rings. The molecule has 0 saturated carbocycles. The Bertz CT molecular complexity index is 3670. The van der Waals surface area contributed by atoms with Crippen molar-refractivity contribution in [2.45, 2.75) is 132 Å². The number of hydrogen-bond donors (Lipinski definition) is 3. The number of hydrogen-bond acceptors (Lipinski definition) is 8. The minimum Gasteiger partial charge on any atom is -0.457 e. The summed E-state index contributed by atoms with van der Waals surface area (Å²) in [5, 5.41) is 2.96. The van der Waals surface area contributed by atoms with Gasteiger partial charge in [-0.2, -0.15) is 21.4 Å². The fourth-order valence-electron chi connectivity index (χ4n) is 11.4. The van der Waals surface area contributed by atoms with Crippen molar-refractivity contribution < 1.29 is 44.8 Å². The number of rotatable bonds is 20. The number of nitrogens with one attached hydrogen (secondary N) is 1. The highest BCUT2D eigenvalue weighted by Gasteiger charge is 2.44. The van der Waals surface area contributed by atoms with E-state index in [1.54, 1.807) is 17.0 Å². The van der Waals surface area contributed by atoms with E-state index in [9.17, 15) is 35.5 Å². The first kappa shape index (κ1) is 57.3. The van der Waals surface area contributed by atoms with Gasteiger partial charge in [-0.25, -0.2) is 0 Å². The van der Waals surface area contributed by atoms with Crippen LogP contribution in [0.2, 0.25) is 0 Å². The Labute approximate surface area is 472 Å². The van der Waals surface area contributed by atoms with Gasteiger partial charge in [-0.05, 0) is 147 Å². The summed E-state index contributed by atoms with van der Waals surface area (Å²) >= 11 is 0. The first-order chi connectivity index (χ1) is 38.2. The smallest absolute Gasteiger partial charge is 0.294 e. The van der Waals surface area contributed by atoms with Gasteiger partial charge in [-0.1, -0.05) is 100 Å². The molecule has 9 rings (SSSR count). The van der Waals surface area contributed by atoms with Crippen LogP contribution in [0.15, 0.2) is 172 Å². The Morgan fingerprint density at radius 1 is 0.713 bits per heavy atom. The summed E-state index contributed by atoms with van der Waals surface area (Å²) in [6.07, 6.45) is 16.4. The Hall–Kier alpha value is -7.35. The van der Waals surface area contributed by atoms with Crippen molar-refractivity contribution in [2.75, 3.05) is 29.4 Å². The van der Waals surface area contributed by atoms with Crippen molar-refractivity contribution in [1.82, 2.24) is 5.32 Å². The van der Waals surface area contributed by atoms with Gasteiger partial charge in [0.15, 0.2) is 5.71 Å². The molecule has 3 heterocycles. The van der Waals surface area contributed by atoms with E-state index >= 15 is 0 Å². The van der Waals surface area contributed by atoms with Gasteiger partial charge in [0.1, 0.15) is 18.1 Å². The fourth-order valence-corrected chi connectivity index (χ4v) is 12.4. The average molecular weight is 1120 g/mol. The van der Waals surface area contributed by atoms with Gasteiger partial charge in [-0.3, -0.25) is 18.7 Å². The molecule has 0 atom stereocenters. The molecule has 5 aromatic rings. The zero-order chi connectivity index (χ0) is 56.8. The van der Waals surface area contributed by atoms with Crippen LogP contribution in [0.4, 0.5) is 17.1 Å². The number of allylic oxidation sites excluding steroid dienone is 7. The molecule has 1 aliphatic carbocycles. The molecule has 15 heteroatoms. The van der Waals surface area contributed by atoms with Crippen molar-refractivity contribution in [3.8, 4) is 17.6 Å². The number of carbonyl (C=O) groups is 2. The van der Waals surface area contributed by atoms with Gasteiger partial charge in [0, 0.05) is 78.0 Å². The molecular weight excluding hydrogens is 1040 g/mol. The van der Waals surface area contributed by atoms with E-state index in [0.29, 0.717) is 50.3 Å². The normalized spacial score (nSPS) is 17.4. The van der Waals surface area contributed by atoms with Crippen LogP contribution in [0, 0.1) is 11.8 Å². The molecule has 80 heavy (non-hydrogen) atoms. The molecule has 0 radical (unpaired) electrons. The van der Waals surface area contributed by atoms with Gasteiger partial charge in [-0.15, -0.1) is 0 Å². The van der Waals surface area contributed by atoms with Gasteiger partial charge < -0.3 is 19.9 Å². The highest BCUT2D eigenvalue weighted by molar-refractivity contribution is 7.86. The highest BCUT2D eigenvalue weighted by Crippen LogP contribution is 2.49. The van der Waals surface area contributed by atoms with E-state index in [2.05, 4.69) is 96.0 Å². The predicted octanol–water partition coefficient (Wildman–Crippen LogP) is 12.4. The molecule has 0 bridgehead atoms. The van der Waals surface area contributed by atoms with Crippen LogP contribution >= 0.6 is 0 Å². The number of anilines is 2. The van der Waals surface area contributed by atoms with E-state index in [4.69, 9.17) is 4.74 Å². The number of nitrogens with zero attached hydrogens (tertiary/aromatic N) is 3. The maximum atomic E-state index is 13.8. The third kappa shape index (κ3) is 12.6. The maximum absolute atomic E-state index is 13.8. The van der Waals surface area contributed by atoms with E-state index in [0.717, 1.165) is 89.1 Å². The lowest BCUT2D eigenvalue weighted by Crippen LogP contribution is -2.35. The molecule has 13 nitrogen and oxygen atoms in total. The summed E-state index contributed by atoms with van der Waals surface area (Å²) in [5.41, 5.74) is 10.3. The monoisotopic (exact) mass is 1120 g/mol. The number of unbranched alkanes of at least 4 members (excludes halogenated alkanes) is 4. The summed E-state index contributed by atoms with van der Waals surface area (Å²) in [7, 11) is -8.94. The molecule has 5 aromatic carbocycles. The predicted molar refractivity (Wildman–Crippen MR) is 315 cm³/mol. The van der Waals surface area contributed by atoms with Crippen molar-refractivity contribution in [2.24, 2.45) is 0 Å². The number of ether oxygens (including phenoxy) is 1. The minimum atomic E-state index is -4.51. The standard InChI is InChI=1S/C65H70N4O9S2/c1-6-7-16-42-67-57-26-15-13-24-54(57)64(2,3)59(67)38-30-48-22-18-23-49(63(48)78-51-32-34-52(35-33-51)79(72,73)74)31-39-60-65(4,5)55-44-53(80(75,76)77)36-37-58(55)68(60)43-17-8-9-27-61(70)66-41-40-62(71)69-45-50-21-11-10-19-46(50)28-29-47-20-12-14-25-56(47)69/h10-15,19-21,24-26,30-39,44H,6-9,16-18,22-23,27,40-43,45H2,1-5H3,(H2-,66,70,72,73,74,75,76,77)/p+1. The van der Waals surface area contributed by atoms with Crippen LogP contribution in [0.1, 0.15) is 133 Å². The Morgan fingerprint density at radius 3 is 2.17 bits per heavy atom. The van der Waals surface area contributed by atoms with Crippen LogP contribution in [0.5, 0.6) is 5.75 Å². The summed E-state index contributed by atoms with van der Waals surface area (Å²) in [6.45, 7) is 12.8. The summed E-state index contributed by atoms with van der Waals surface area (Å²) < 4.78 is 78.2. The van der Waals surface area contributed by atoms with Crippen molar-refractivity contribution >= 4 is 54.8 Å². The molecule has 2 amide bonds. The number of carbonyl (C=O) groups excluding carboxylic acids is 2. The van der Waals surface area contributed by atoms with Crippen molar-refractivity contribution in [1.29, 1.82) is 0 Å². The minimum absolute atomic E-state index is 0.111. The van der Waals surface area contributed by atoms with E-state index in [1.807, 2.05) is 62.4 Å². The lowest BCUT2D eigenvalue weighted by atomic mass is 9.81. The van der Waals surface area contributed by atoms with Crippen LogP contribution in [-0.4, -0.2) is 67.7 Å². The lowest BCUT2D eigenvalue weighted by Gasteiger charge is -2.27. The topological polar surface area (TPSA) is 174 Å². The molecule has 0 unspecified atom stereocenters. The zero-order valence-corrected chi connectivity index (χ0v) is 47.9. The van der Waals surface area contributed by atoms with Crippen molar-refractivity contribution in [3.63, 3.8) is 0 Å². The third-order valence-electron chi connectivity index (χ3n) is 15.8. The SMILES string of the molecule is CCCCC[N+]1=C(/C=C/C2=C(Oc3ccc(S(=O)(=O)O)cc3)C(=C/C=C3/N(CCCCCC(=O)NCCC(=O)N4Cc5ccccc5C#Cc5ccccc54)c4ccc(S(=O)(=O)O)cc4C3(C)C)/CCC2)C(C)(C)c2ccccc21. The van der Waals surface area contributed by atoms with Crippen LogP contribution < -0.4 is 19.9 Å². The molecular formula is C65H71N4O9S2+. The second kappa shape index (κ2) is 24.2. The van der Waals surface area contributed by atoms with Crippen LogP contribution in [0.25, 0.3) is 0 Å². The maximum Gasteiger partial charge on any atom is 0.294 e. The third-order valence-corrected chi connectivity index (χ3v) is 17.5. The second-order valence-corrected chi connectivity index (χ2v) is 24.8. The van der Waals surface area contributed by atoms with Gasteiger partial charge in [0.05, 0.1) is 27.4 Å². The average Bonchev–Trinajstić information content (AvgIpc) is 4.04. The lowest BCUT2D eigenvalue weighted by molar-refractivity contribution is -0.438. The second-order valence-electron chi connectivity index (χ2n) is 22.0. The van der Waals surface area contributed by atoms with Crippen LogP contribution in [0.3, 0.4) is 0 Å². The van der Waals surface area contributed by atoms with Gasteiger partial charge >= 0.3 is 0 Å². The fraction of sp³-hybridized carbons (Fsp3) is 0.338. The summed E-state index contributed by atoms with van der Waals surface area (Å²) in [6, 6.07) is 34.4.